The molecule has 2 fully saturated rings. The second-order valence-corrected chi connectivity index (χ2v) is 27.2. The lowest BCUT2D eigenvalue weighted by molar-refractivity contribution is -0.142. The second-order valence-electron chi connectivity index (χ2n) is 23.7. The topological polar surface area (TPSA) is 330 Å². The van der Waals surface area contributed by atoms with Gasteiger partial charge in [0.1, 0.15) is 29.1 Å². The van der Waals surface area contributed by atoms with E-state index in [1.165, 1.54) is 158 Å². The molecule has 1 saturated carbocycles. The number of anilines is 3. The fraction of sp³-hybridized carbons (Fsp3) is 0.597. The molecule has 10 N–H and O–H groups in total. The third-order valence-corrected chi connectivity index (χ3v) is 19.2. The van der Waals surface area contributed by atoms with Crippen LogP contribution in [-0.4, -0.2) is 134 Å². The number of amides is 5. The van der Waals surface area contributed by atoms with Gasteiger partial charge in [0.2, 0.25) is 29.5 Å². The van der Waals surface area contributed by atoms with Gasteiger partial charge in [-0.25, -0.2) is 8.42 Å². The minimum absolute atomic E-state index is 0.0244. The van der Waals surface area contributed by atoms with Gasteiger partial charge >= 0.3 is 0 Å². The van der Waals surface area contributed by atoms with E-state index in [1.807, 2.05) is 0 Å². The van der Waals surface area contributed by atoms with Crippen LogP contribution in [0.25, 0.3) is 0 Å². The molecule has 6 atom stereocenters. The number of carbonyl (C=O) groups excluding carboxylic acids is 7. The summed E-state index contributed by atoms with van der Waals surface area (Å²) in [6.07, 6.45) is 22.6. The van der Waals surface area contributed by atoms with Gasteiger partial charge in [-0.3, -0.25) is 38.1 Å². The van der Waals surface area contributed by atoms with Gasteiger partial charge in [0, 0.05) is 36.4 Å². The predicted molar refractivity (Wildman–Crippen MR) is 326 cm³/mol. The molecule has 0 radical (unpaired) electrons. The van der Waals surface area contributed by atoms with Crippen LogP contribution in [0.15, 0.2) is 64.4 Å². The van der Waals surface area contributed by atoms with Gasteiger partial charge in [-0.15, -0.1) is 0 Å². The number of hydrogen-bond donors (Lipinski definition) is 9. The van der Waals surface area contributed by atoms with E-state index in [0.29, 0.717) is 12.8 Å². The number of aliphatic hydroxyl groups excluding tert-OH is 1. The zero-order valence-electron chi connectivity index (χ0n) is 50.0. The lowest BCUT2D eigenvalue weighted by atomic mass is 9.82. The summed E-state index contributed by atoms with van der Waals surface area (Å²) in [6, 6.07) is 7.07. The summed E-state index contributed by atoms with van der Waals surface area (Å²) in [5.41, 5.74) is 4.53. The summed E-state index contributed by atoms with van der Waals surface area (Å²) in [6.45, 7) is 8.01. The molecule has 3 aliphatic rings. The molecule has 85 heavy (non-hydrogen) atoms. The second kappa shape index (κ2) is 31.9. The average molecular weight is 1220 g/mol. The van der Waals surface area contributed by atoms with Crippen molar-refractivity contribution in [2.75, 3.05) is 36.4 Å². The summed E-state index contributed by atoms with van der Waals surface area (Å²) in [5.74, 6) is -4.71. The summed E-state index contributed by atoms with van der Waals surface area (Å²) in [5, 5.41) is 27.3. The maximum atomic E-state index is 13.8. The van der Waals surface area contributed by atoms with Gasteiger partial charge in [-0.05, 0) is 76.1 Å². The number of fused-ring (bicyclic) bond motifs is 2. The van der Waals surface area contributed by atoms with Crippen molar-refractivity contribution in [1.29, 1.82) is 0 Å². The highest BCUT2D eigenvalue weighted by Gasteiger charge is 2.40. The third-order valence-electron chi connectivity index (χ3n) is 16.6. The molecule has 2 aliphatic carbocycles. The first kappa shape index (κ1) is 67.9. The molecule has 1 heterocycles. The predicted octanol–water partition coefficient (Wildman–Crippen LogP) is 7.06. The Hall–Kier alpha value is -6.27. The smallest absolute Gasteiger partial charge is 0.296 e. The number of nitrogens with two attached hydrogens (primary N) is 1. The maximum absolute atomic E-state index is 13.8. The van der Waals surface area contributed by atoms with E-state index in [4.69, 9.17) is 5.73 Å². The van der Waals surface area contributed by atoms with Crippen LogP contribution >= 0.6 is 0 Å². The Bertz CT molecular complexity index is 3070. The molecule has 0 bridgehead atoms. The first-order valence-electron chi connectivity index (χ1n) is 30.5. The van der Waals surface area contributed by atoms with Gasteiger partial charge in [0.15, 0.2) is 21.4 Å². The van der Waals surface area contributed by atoms with Gasteiger partial charge in [0.05, 0.1) is 45.3 Å². The van der Waals surface area contributed by atoms with E-state index in [1.54, 1.807) is 26.8 Å². The van der Waals surface area contributed by atoms with Crippen molar-refractivity contribution in [2.24, 2.45) is 11.8 Å². The van der Waals surface area contributed by atoms with Crippen molar-refractivity contribution < 1.29 is 60.1 Å². The summed E-state index contributed by atoms with van der Waals surface area (Å²) in [7, 11) is -9.19. The normalized spacial score (nSPS) is 18.5. The minimum Gasteiger partial charge on any atom is -0.397 e. The molecule has 5 amide bonds. The molecule has 0 aromatic heterocycles. The summed E-state index contributed by atoms with van der Waals surface area (Å²) >= 11 is 0. The Labute approximate surface area is 501 Å². The molecular weight excluding hydrogens is 1130 g/mol. The number of sulfone groups is 1. The van der Waals surface area contributed by atoms with E-state index in [2.05, 4.69) is 31.9 Å². The Morgan fingerprint density at radius 2 is 1.25 bits per heavy atom. The van der Waals surface area contributed by atoms with Gasteiger partial charge in [-0.1, -0.05) is 153 Å². The van der Waals surface area contributed by atoms with E-state index in [-0.39, 0.29) is 59.0 Å². The number of likely N-dealkylation sites (tertiary alicyclic amines) is 1. The zero-order chi connectivity index (χ0) is 62.0. The van der Waals surface area contributed by atoms with E-state index in [9.17, 15) is 60.1 Å². The quantitative estimate of drug-likeness (QED) is 0.0193. The fourth-order valence-electron chi connectivity index (χ4n) is 11.6. The number of carbonyl (C=O) groups is 7. The number of nitrogen functional groups attached to an aromatic ring is 1. The van der Waals surface area contributed by atoms with Gasteiger partial charge in [0.25, 0.3) is 10.1 Å². The molecule has 3 aromatic rings. The van der Waals surface area contributed by atoms with Crippen molar-refractivity contribution in [3.05, 3.63) is 76.9 Å². The monoisotopic (exact) mass is 1220 g/mol. The lowest BCUT2D eigenvalue weighted by Crippen LogP contribution is -2.58. The van der Waals surface area contributed by atoms with Crippen molar-refractivity contribution >= 4 is 78.1 Å². The first-order chi connectivity index (χ1) is 40.4. The van der Waals surface area contributed by atoms with Crippen LogP contribution in [-0.2, 0) is 43.9 Å². The number of nitrogens with one attached hydrogen (secondary N) is 6. The van der Waals surface area contributed by atoms with Gasteiger partial charge < -0.3 is 47.6 Å². The van der Waals surface area contributed by atoms with Crippen LogP contribution in [0.3, 0.4) is 0 Å². The highest BCUT2D eigenvalue weighted by molar-refractivity contribution is 7.91. The number of nitrogens with zero attached hydrogens (tertiary/aromatic N) is 1. The minimum atomic E-state index is -5.03. The summed E-state index contributed by atoms with van der Waals surface area (Å²) < 4.78 is 62.3. The fourth-order valence-corrected chi connectivity index (χ4v) is 13.4. The van der Waals surface area contributed by atoms with Crippen molar-refractivity contribution in [3.8, 4) is 0 Å². The van der Waals surface area contributed by atoms with Crippen LogP contribution in [0.5, 0.6) is 0 Å². The molecule has 21 nitrogen and oxygen atoms in total. The van der Waals surface area contributed by atoms with E-state index < -0.39 is 125 Å². The Kier molecular flexibility index (Phi) is 25.5. The summed E-state index contributed by atoms with van der Waals surface area (Å²) in [4.78, 5) is 95.3. The first-order valence-corrected chi connectivity index (χ1v) is 33.6. The van der Waals surface area contributed by atoms with Crippen LogP contribution in [0.4, 0.5) is 17.1 Å². The number of unbranched alkanes of at least 4 members (excludes halogenated alkanes) is 1. The maximum Gasteiger partial charge on any atom is 0.296 e. The molecule has 1 saturated heterocycles. The Morgan fingerprint density at radius 1 is 0.671 bits per heavy atom. The number of ketones is 2. The molecule has 468 valence electrons. The number of aliphatic hydroxyl groups is 1. The Morgan fingerprint density at radius 3 is 1.85 bits per heavy atom. The van der Waals surface area contributed by atoms with E-state index in [0.717, 1.165) is 24.8 Å². The molecular formula is C62H90N8O13S2. The number of rotatable bonds is 24. The Balaban J connectivity index is 0.940. The van der Waals surface area contributed by atoms with Crippen molar-refractivity contribution in [2.45, 2.75) is 209 Å². The molecule has 3 aromatic carbocycles. The molecule has 23 heteroatoms. The highest BCUT2D eigenvalue weighted by atomic mass is 32.2. The van der Waals surface area contributed by atoms with Crippen molar-refractivity contribution in [1.82, 2.24) is 31.5 Å². The van der Waals surface area contributed by atoms with Crippen LogP contribution < -0.4 is 37.6 Å². The number of hydrogen-bond acceptors (Lipinski definition) is 15. The molecule has 6 rings (SSSR count). The zero-order valence-corrected chi connectivity index (χ0v) is 51.6. The highest BCUT2D eigenvalue weighted by Crippen LogP contribution is 2.40. The largest absolute Gasteiger partial charge is 0.397 e. The number of benzene rings is 3. The van der Waals surface area contributed by atoms with Crippen LogP contribution in [0, 0.1) is 11.8 Å². The molecule has 6 unspecified atom stereocenters. The standard InChI is InChI=1S/C62H90N8O13S2/c1-39(2)55(61(77)64-33-35-84(79,80)46-29-22-27-44(36-46)68-49-37-51(85(81,82)83)54(63)53-52(49)56(72)47-30-20-21-31-48(47)57(53)73)69-60(76)50-32-23-34-70(50)62(78)42(5)67-59(75)41(4)66-58(74)40(3)65-38-45(71)28-19-18-26-43-24-16-14-12-10-8-6-7-9-11-13-15-17-25-43/h20-22,27,29-31,36-37,39-43,45,50,55,65,68,71H,6-19,23-26,28,32-35,38,63H2,1-5H3,(H,64,77)(H,66,74)(H,67,75)(H,69,76)(H,81,82,83). The SMILES string of the molecule is CC(NCC(O)CCCCC1CCCCCCCCCCCCCC1)C(=O)NC(C)C(=O)NC(C)C(=O)N1CCCC1C(=O)NC(C(=O)NCCS(=O)(=O)c1cccc(Nc2cc(S(=O)(=O)O)c(N)c3c2C(=O)c2ccccc2C3=O)c1)C(C)C. The van der Waals surface area contributed by atoms with Crippen LogP contribution in [0.1, 0.15) is 195 Å². The third kappa shape index (κ3) is 19.1. The average Bonchev–Trinajstić information content (AvgIpc) is 1.68. The van der Waals surface area contributed by atoms with Crippen molar-refractivity contribution in [3.63, 3.8) is 0 Å². The lowest BCUT2D eigenvalue weighted by Gasteiger charge is -2.30. The van der Waals surface area contributed by atoms with Crippen LogP contribution in [0.2, 0.25) is 0 Å². The molecule has 1 aliphatic heterocycles. The molecule has 0 spiro atoms. The van der Waals surface area contributed by atoms with Gasteiger partial charge in [-0.2, -0.15) is 8.42 Å². The van der Waals surface area contributed by atoms with E-state index >= 15 is 0 Å².